The highest BCUT2D eigenvalue weighted by Crippen LogP contribution is 2.40. The van der Waals surface area contributed by atoms with Crippen molar-refractivity contribution in [1.29, 1.82) is 0 Å². The van der Waals surface area contributed by atoms with Crippen LogP contribution >= 0.6 is 23.5 Å². The summed E-state index contributed by atoms with van der Waals surface area (Å²) in [6.45, 7) is 5.45. The highest BCUT2D eigenvalue weighted by atomic mass is 32.2. The first-order valence-electron chi connectivity index (χ1n) is 6.36. The first-order chi connectivity index (χ1) is 8.36. The molecular weight excluding hydrogens is 250 g/mol. The zero-order valence-electron chi connectivity index (χ0n) is 10.5. The Morgan fingerprint density at radius 3 is 2.88 bits per heavy atom. The van der Waals surface area contributed by atoms with Crippen molar-refractivity contribution in [3.05, 3.63) is 24.2 Å². The summed E-state index contributed by atoms with van der Waals surface area (Å²) in [4.78, 5) is 0. The zero-order chi connectivity index (χ0) is 12.1. The fourth-order valence-electron chi connectivity index (χ4n) is 2.31. The molecule has 1 aliphatic rings. The second-order valence-corrected chi connectivity index (χ2v) is 6.84. The van der Waals surface area contributed by atoms with Crippen molar-refractivity contribution in [2.24, 2.45) is 0 Å². The molecule has 1 fully saturated rings. The van der Waals surface area contributed by atoms with E-state index in [-0.39, 0.29) is 0 Å². The van der Waals surface area contributed by atoms with Crippen molar-refractivity contribution >= 4 is 23.5 Å². The fraction of sp³-hybridized carbons (Fsp3) is 0.692. The van der Waals surface area contributed by atoms with Crippen LogP contribution in [0.5, 0.6) is 0 Å². The molecule has 1 aliphatic heterocycles. The van der Waals surface area contributed by atoms with Gasteiger partial charge in [-0.3, -0.25) is 0 Å². The van der Waals surface area contributed by atoms with E-state index < -0.39 is 0 Å². The lowest BCUT2D eigenvalue weighted by molar-refractivity contribution is 0.403. The van der Waals surface area contributed by atoms with Crippen LogP contribution in [0.15, 0.2) is 22.8 Å². The predicted molar refractivity (Wildman–Crippen MR) is 77.9 cm³/mol. The minimum Gasteiger partial charge on any atom is -0.468 e. The Kier molecular flexibility index (Phi) is 5.32. The van der Waals surface area contributed by atoms with Crippen LogP contribution in [0.4, 0.5) is 0 Å². The Balaban J connectivity index is 2.13. The SMILES string of the molecule is CCNC(c1ccco1)C1SCCSC1CC. The first-order valence-corrected chi connectivity index (χ1v) is 8.46. The van der Waals surface area contributed by atoms with Crippen molar-refractivity contribution in [2.75, 3.05) is 18.1 Å². The Bertz CT molecular complexity index is 315. The lowest BCUT2D eigenvalue weighted by Gasteiger charge is -2.35. The molecule has 0 bridgehead atoms. The van der Waals surface area contributed by atoms with E-state index in [0.29, 0.717) is 11.3 Å². The number of nitrogens with one attached hydrogen (secondary N) is 1. The highest BCUT2D eigenvalue weighted by Gasteiger charge is 2.33. The maximum atomic E-state index is 5.61. The molecule has 3 unspecified atom stereocenters. The third-order valence-corrected chi connectivity index (χ3v) is 6.45. The number of hydrogen-bond acceptors (Lipinski definition) is 4. The monoisotopic (exact) mass is 271 g/mol. The van der Waals surface area contributed by atoms with Crippen molar-refractivity contribution in [2.45, 2.75) is 36.8 Å². The molecule has 2 rings (SSSR count). The number of furan rings is 1. The molecule has 4 heteroatoms. The lowest BCUT2D eigenvalue weighted by atomic mass is 10.1. The average molecular weight is 271 g/mol. The zero-order valence-corrected chi connectivity index (χ0v) is 12.2. The molecule has 1 aromatic rings. The number of hydrogen-bond donors (Lipinski definition) is 1. The van der Waals surface area contributed by atoms with E-state index in [1.54, 1.807) is 6.26 Å². The van der Waals surface area contributed by atoms with E-state index in [9.17, 15) is 0 Å². The van der Waals surface area contributed by atoms with E-state index in [0.717, 1.165) is 17.6 Å². The molecule has 0 spiro atoms. The minimum atomic E-state index is 0.359. The lowest BCUT2D eigenvalue weighted by Crippen LogP contribution is -2.38. The van der Waals surface area contributed by atoms with Gasteiger partial charge in [0.1, 0.15) is 5.76 Å². The van der Waals surface area contributed by atoms with Gasteiger partial charge in [-0.25, -0.2) is 0 Å². The molecular formula is C13H21NOS2. The van der Waals surface area contributed by atoms with Gasteiger partial charge < -0.3 is 9.73 Å². The van der Waals surface area contributed by atoms with Crippen LogP contribution in [0.2, 0.25) is 0 Å². The standard InChI is InChI=1S/C13H21NOS2/c1-3-11-13(17-9-8-16-11)12(14-4-2)10-6-5-7-15-10/h5-7,11-14H,3-4,8-9H2,1-2H3. The summed E-state index contributed by atoms with van der Waals surface area (Å²) < 4.78 is 5.61. The molecule has 1 saturated heterocycles. The van der Waals surface area contributed by atoms with Gasteiger partial charge in [0.05, 0.1) is 12.3 Å². The van der Waals surface area contributed by atoms with Crippen LogP contribution in [-0.2, 0) is 0 Å². The van der Waals surface area contributed by atoms with Crippen molar-refractivity contribution in [3.8, 4) is 0 Å². The van der Waals surface area contributed by atoms with Gasteiger partial charge in [0.2, 0.25) is 0 Å². The summed E-state index contributed by atoms with van der Waals surface area (Å²) in [5.41, 5.74) is 0. The van der Waals surface area contributed by atoms with Gasteiger partial charge in [0.25, 0.3) is 0 Å². The van der Waals surface area contributed by atoms with E-state index in [4.69, 9.17) is 4.42 Å². The van der Waals surface area contributed by atoms with E-state index in [2.05, 4.69) is 48.8 Å². The summed E-state index contributed by atoms with van der Waals surface area (Å²) in [5.74, 6) is 3.63. The molecule has 0 aromatic carbocycles. The summed E-state index contributed by atoms with van der Waals surface area (Å²) in [7, 11) is 0. The molecule has 2 nitrogen and oxygen atoms in total. The Hall–Kier alpha value is -0.0600. The summed E-state index contributed by atoms with van der Waals surface area (Å²) >= 11 is 4.22. The summed E-state index contributed by atoms with van der Waals surface area (Å²) in [6, 6.07) is 4.44. The fourth-order valence-corrected chi connectivity index (χ4v) is 5.54. The Morgan fingerprint density at radius 1 is 1.41 bits per heavy atom. The molecule has 17 heavy (non-hydrogen) atoms. The van der Waals surface area contributed by atoms with Gasteiger partial charge in [0.15, 0.2) is 0 Å². The van der Waals surface area contributed by atoms with Gasteiger partial charge in [0, 0.05) is 22.0 Å². The normalized spacial score (nSPS) is 26.9. The van der Waals surface area contributed by atoms with Gasteiger partial charge in [-0.05, 0) is 25.1 Å². The summed E-state index contributed by atoms with van der Waals surface area (Å²) in [6.07, 6.45) is 3.02. The maximum absolute atomic E-state index is 5.61. The molecule has 0 saturated carbocycles. The van der Waals surface area contributed by atoms with Crippen LogP contribution < -0.4 is 5.32 Å². The quantitative estimate of drug-likeness (QED) is 0.885. The van der Waals surface area contributed by atoms with Crippen molar-refractivity contribution < 1.29 is 4.42 Å². The molecule has 2 heterocycles. The Morgan fingerprint density at radius 2 is 2.24 bits per heavy atom. The highest BCUT2D eigenvalue weighted by molar-refractivity contribution is 8.07. The van der Waals surface area contributed by atoms with E-state index >= 15 is 0 Å². The van der Waals surface area contributed by atoms with Crippen molar-refractivity contribution in [3.63, 3.8) is 0 Å². The molecule has 0 amide bonds. The largest absolute Gasteiger partial charge is 0.468 e. The summed E-state index contributed by atoms with van der Waals surface area (Å²) in [5, 5.41) is 4.96. The molecule has 1 N–H and O–H groups in total. The number of rotatable bonds is 5. The third-order valence-electron chi connectivity index (χ3n) is 3.10. The molecule has 3 atom stereocenters. The van der Waals surface area contributed by atoms with E-state index in [1.807, 2.05) is 6.07 Å². The van der Waals surface area contributed by atoms with Gasteiger partial charge in [-0.2, -0.15) is 23.5 Å². The van der Waals surface area contributed by atoms with Gasteiger partial charge in [-0.1, -0.05) is 13.8 Å². The smallest absolute Gasteiger partial charge is 0.121 e. The van der Waals surface area contributed by atoms with Crippen LogP contribution in [0, 0.1) is 0 Å². The predicted octanol–water partition coefficient (Wildman–Crippen LogP) is 3.56. The minimum absolute atomic E-state index is 0.359. The Labute approximate surface area is 112 Å². The maximum Gasteiger partial charge on any atom is 0.121 e. The molecule has 1 aromatic heterocycles. The van der Waals surface area contributed by atoms with Gasteiger partial charge in [-0.15, -0.1) is 0 Å². The van der Waals surface area contributed by atoms with Crippen LogP contribution in [0.3, 0.4) is 0 Å². The van der Waals surface area contributed by atoms with Crippen LogP contribution in [0.25, 0.3) is 0 Å². The van der Waals surface area contributed by atoms with Crippen LogP contribution in [0.1, 0.15) is 32.1 Å². The molecule has 0 aliphatic carbocycles. The van der Waals surface area contributed by atoms with Gasteiger partial charge >= 0.3 is 0 Å². The topological polar surface area (TPSA) is 25.2 Å². The third kappa shape index (κ3) is 3.24. The second-order valence-electron chi connectivity index (χ2n) is 4.20. The van der Waals surface area contributed by atoms with E-state index in [1.165, 1.54) is 17.9 Å². The average Bonchev–Trinajstić information content (AvgIpc) is 2.89. The second kappa shape index (κ2) is 6.76. The molecule has 0 radical (unpaired) electrons. The van der Waals surface area contributed by atoms with Crippen LogP contribution in [-0.4, -0.2) is 28.6 Å². The number of thioether (sulfide) groups is 2. The molecule has 96 valence electrons. The van der Waals surface area contributed by atoms with Crippen molar-refractivity contribution in [1.82, 2.24) is 5.32 Å². The first kappa shape index (κ1) is 13.4.